The van der Waals surface area contributed by atoms with Gasteiger partial charge in [-0.25, -0.2) is 4.98 Å². The van der Waals surface area contributed by atoms with Crippen LogP contribution in [0.5, 0.6) is 0 Å². The van der Waals surface area contributed by atoms with Crippen LogP contribution in [0.3, 0.4) is 0 Å². The lowest BCUT2D eigenvalue weighted by atomic mass is 10.1. The molecule has 1 saturated carbocycles. The van der Waals surface area contributed by atoms with Crippen molar-refractivity contribution in [2.45, 2.75) is 32.6 Å². The summed E-state index contributed by atoms with van der Waals surface area (Å²) >= 11 is 0. The highest BCUT2D eigenvalue weighted by molar-refractivity contribution is 5.82. The molecule has 0 atom stereocenters. The van der Waals surface area contributed by atoms with E-state index in [4.69, 9.17) is 0 Å². The molecule has 0 aromatic carbocycles. The third-order valence-electron chi connectivity index (χ3n) is 4.84. The number of hydrogen-bond acceptors (Lipinski definition) is 5. The van der Waals surface area contributed by atoms with Crippen molar-refractivity contribution in [3.8, 4) is 0 Å². The van der Waals surface area contributed by atoms with Crippen LogP contribution in [0, 0.1) is 23.0 Å². The summed E-state index contributed by atoms with van der Waals surface area (Å²) in [5.74, 6) is 1.42. The minimum Gasteiger partial charge on any atom is -0.346 e. The van der Waals surface area contributed by atoms with Gasteiger partial charge < -0.3 is 9.80 Å². The van der Waals surface area contributed by atoms with Gasteiger partial charge in [-0.15, -0.1) is 0 Å². The summed E-state index contributed by atoms with van der Waals surface area (Å²) in [6.07, 6.45) is 5.03. The molecule has 2 aliphatic rings. The Morgan fingerprint density at radius 3 is 2.65 bits per heavy atom. The fourth-order valence-electron chi connectivity index (χ4n) is 3.51. The van der Waals surface area contributed by atoms with Gasteiger partial charge in [0.05, 0.1) is 11.5 Å². The van der Waals surface area contributed by atoms with Crippen molar-refractivity contribution >= 4 is 17.4 Å². The maximum absolute atomic E-state index is 12.4. The Balaban J connectivity index is 1.64. The average molecular weight is 318 g/mol. The minimum atomic E-state index is -0.434. The largest absolute Gasteiger partial charge is 0.346 e. The first kappa shape index (κ1) is 15.7. The topological polar surface area (TPSA) is 79.6 Å². The molecule has 0 bridgehead atoms. The molecule has 23 heavy (non-hydrogen) atoms. The maximum atomic E-state index is 12.4. The Hall–Kier alpha value is -2.18. The molecule has 3 rings (SSSR count). The summed E-state index contributed by atoms with van der Waals surface area (Å²) in [4.78, 5) is 31.0. The lowest BCUT2D eigenvalue weighted by Crippen LogP contribution is -2.51. The van der Waals surface area contributed by atoms with Gasteiger partial charge >= 0.3 is 0 Å². The van der Waals surface area contributed by atoms with Gasteiger partial charge in [0, 0.05) is 25.7 Å². The standard InChI is InChI=1S/C16H22N4O3/c1-12-14(20(22)23)6-7-15(17-12)18-8-9-19(16(21)11-18)10-13-4-2-3-5-13/h6-7,13H,2-5,8-11H2,1H3. The molecule has 124 valence electrons. The van der Waals surface area contributed by atoms with Crippen LogP contribution >= 0.6 is 0 Å². The van der Waals surface area contributed by atoms with Crippen molar-refractivity contribution in [2.75, 3.05) is 31.1 Å². The number of pyridine rings is 1. The molecule has 0 spiro atoms. The van der Waals surface area contributed by atoms with Gasteiger partial charge in [0.1, 0.15) is 11.5 Å². The van der Waals surface area contributed by atoms with E-state index in [1.165, 1.54) is 31.7 Å². The first-order valence-corrected chi connectivity index (χ1v) is 8.19. The van der Waals surface area contributed by atoms with E-state index in [2.05, 4.69) is 4.98 Å². The van der Waals surface area contributed by atoms with Gasteiger partial charge in [-0.05, 0) is 31.7 Å². The van der Waals surface area contributed by atoms with E-state index in [1.54, 1.807) is 13.0 Å². The van der Waals surface area contributed by atoms with E-state index in [9.17, 15) is 14.9 Å². The molecule has 1 aromatic rings. The number of nitrogens with zero attached hydrogens (tertiary/aromatic N) is 4. The Bertz CT molecular complexity index is 613. The van der Waals surface area contributed by atoms with Gasteiger partial charge in [0.25, 0.3) is 5.69 Å². The molecule has 1 aliphatic carbocycles. The lowest BCUT2D eigenvalue weighted by molar-refractivity contribution is -0.385. The van der Waals surface area contributed by atoms with Crippen LogP contribution in [0.2, 0.25) is 0 Å². The predicted molar refractivity (Wildman–Crippen MR) is 86.4 cm³/mol. The minimum absolute atomic E-state index is 0.0138. The number of carbonyl (C=O) groups excluding carboxylic acids is 1. The molecule has 7 nitrogen and oxygen atoms in total. The van der Waals surface area contributed by atoms with Crippen LogP contribution in [0.1, 0.15) is 31.4 Å². The van der Waals surface area contributed by atoms with Crippen molar-refractivity contribution in [2.24, 2.45) is 5.92 Å². The van der Waals surface area contributed by atoms with E-state index in [1.807, 2.05) is 9.80 Å². The normalized spacial score (nSPS) is 19.4. The predicted octanol–water partition coefficient (Wildman–Crippen LogP) is 2.14. The highest BCUT2D eigenvalue weighted by atomic mass is 16.6. The molecule has 1 saturated heterocycles. The fourth-order valence-corrected chi connectivity index (χ4v) is 3.51. The summed E-state index contributed by atoms with van der Waals surface area (Å²) < 4.78 is 0. The molecule has 1 aromatic heterocycles. The first-order chi connectivity index (χ1) is 11.0. The van der Waals surface area contributed by atoms with Gasteiger partial charge in [-0.1, -0.05) is 12.8 Å². The van der Waals surface area contributed by atoms with Crippen molar-refractivity contribution < 1.29 is 9.72 Å². The third kappa shape index (κ3) is 3.43. The summed E-state index contributed by atoms with van der Waals surface area (Å²) in [7, 11) is 0. The molecule has 0 N–H and O–H groups in total. The first-order valence-electron chi connectivity index (χ1n) is 8.19. The van der Waals surface area contributed by atoms with Crippen LogP contribution in [-0.4, -0.2) is 46.9 Å². The molecule has 1 amide bonds. The fraction of sp³-hybridized carbons (Fsp3) is 0.625. The second kappa shape index (κ2) is 6.52. The third-order valence-corrected chi connectivity index (χ3v) is 4.84. The summed E-state index contributed by atoms with van der Waals surface area (Å²) in [5.41, 5.74) is 0.397. The highest BCUT2D eigenvalue weighted by Gasteiger charge is 2.28. The summed E-state index contributed by atoms with van der Waals surface area (Å²) in [6.45, 7) is 4.23. The van der Waals surface area contributed by atoms with E-state index in [-0.39, 0.29) is 11.6 Å². The van der Waals surface area contributed by atoms with Gasteiger partial charge in [-0.2, -0.15) is 0 Å². The van der Waals surface area contributed by atoms with Crippen LogP contribution < -0.4 is 4.90 Å². The number of carbonyl (C=O) groups is 1. The molecule has 7 heteroatoms. The number of anilines is 1. The molecular weight excluding hydrogens is 296 g/mol. The second-order valence-corrected chi connectivity index (χ2v) is 6.44. The molecule has 0 radical (unpaired) electrons. The smallest absolute Gasteiger partial charge is 0.290 e. The molecular formula is C16H22N4O3. The maximum Gasteiger partial charge on any atom is 0.290 e. The Kier molecular flexibility index (Phi) is 4.45. The molecule has 0 unspecified atom stereocenters. The van der Waals surface area contributed by atoms with Crippen LogP contribution in [0.4, 0.5) is 11.5 Å². The average Bonchev–Trinajstić information content (AvgIpc) is 3.02. The van der Waals surface area contributed by atoms with Gasteiger partial charge in [0.2, 0.25) is 5.91 Å². The van der Waals surface area contributed by atoms with Gasteiger partial charge in [-0.3, -0.25) is 14.9 Å². The number of piperazine rings is 1. The number of rotatable bonds is 4. The summed E-state index contributed by atoms with van der Waals surface area (Å²) in [5, 5.41) is 10.9. The van der Waals surface area contributed by atoms with Crippen molar-refractivity contribution in [3.63, 3.8) is 0 Å². The van der Waals surface area contributed by atoms with E-state index >= 15 is 0 Å². The lowest BCUT2D eigenvalue weighted by Gasteiger charge is -2.36. The highest BCUT2D eigenvalue weighted by Crippen LogP contribution is 2.27. The van der Waals surface area contributed by atoms with Gasteiger partial charge in [0.15, 0.2) is 0 Å². The van der Waals surface area contributed by atoms with Crippen LogP contribution in [0.25, 0.3) is 0 Å². The number of aromatic nitrogens is 1. The van der Waals surface area contributed by atoms with Crippen molar-refractivity contribution in [1.82, 2.24) is 9.88 Å². The zero-order valence-electron chi connectivity index (χ0n) is 13.4. The molecule has 2 fully saturated rings. The Labute approximate surface area is 135 Å². The van der Waals surface area contributed by atoms with E-state index in [0.717, 1.165) is 13.1 Å². The molecule has 2 heterocycles. The van der Waals surface area contributed by atoms with Crippen molar-refractivity contribution in [1.29, 1.82) is 0 Å². The number of nitro groups is 1. The van der Waals surface area contributed by atoms with Crippen LogP contribution in [0.15, 0.2) is 12.1 Å². The van der Waals surface area contributed by atoms with E-state index < -0.39 is 4.92 Å². The van der Waals surface area contributed by atoms with E-state index in [0.29, 0.717) is 30.5 Å². The Morgan fingerprint density at radius 1 is 1.30 bits per heavy atom. The van der Waals surface area contributed by atoms with Crippen LogP contribution in [-0.2, 0) is 4.79 Å². The number of aryl methyl sites for hydroxylation is 1. The zero-order chi connectivity index (χ0) is 16.4. The molecule has 1 aliphatic heterocycles. The zero-order valence-corrected chi connectivity index (χ0v) is 13.4. The number of amides is 1. The Morgan fingerprint density at radius 2 is 2.04 bits per heavy atom. The monoisotopic (exact) mass is 318 g/mol. The quantitative estimate of drug-likeness (QED) is 0.627. The number of hydrogen-bond donors (Lipinski definition) is 0. The summed E-state index contributed by atoms with van der Waals surface area (Å²) in [6, 6.07) is 3.10. The second-order valence-electron chi connectivity index (χ2n) is 6.44. The van der Waals surface area contributed by atoms with Crippen molar-refractivity contribution in [3.05, 3.63) is 27.9 Å². The SMILES string of the molecule is Cc1nc(N2CCN(CC3CCCC3)C(=O)C2)ccc1[N+](=O)[O-].